The predicted octanol–water partition coefficient (Wildman–Crippen LogP) is 1.20. The standard InChI is InChI=1S/C14H25N3O3S/c1-10-8-13(20-5)14(9-12(10)15)21(18,19)16-11(2)6-7-17(3)4/h8-9,11,16H,6-7,15H2,1-5H3. The Kier molecular flexibility index (Phi) is 6.00. The Bertz CT molecular complexity index is 585. The largest absolute Gasteiger partial charge is 0.495 e. The van der Waals surface area contributed by atoms with Crippen molar-refractivity contribution in [3.63, 3.8) is 0 Å². The Balaban J connectivity index is 3.00. The fourth-order valence-corrected chi connectivity index (χ4v) is 3.35. The number of nitrogens with zero attached hydrogens (tertiary/aromatic N) is 1. The maximum atomic E-state index is 12.5. The van der Waals surface area contributed by atoms with E-state index in [0.29, 0.717) is 11.4 Å². The van der Waals surface area contributed by atoms with E-state index in [1.54, 1.807) is 13.0 Å². The van der Waals surface area contributed by atoms with Gasteiger partial charge in [0.15, 0.2) is 0 Å². The van der Waals surface area contributed by atoms with Gasteiger partial charge in [0.25, 0.3) is 0 Å². The maximum Gasteiger partial charge on any atom is 0.244 e. The molecule has 1 aromatic rings. The summed E-state index contributed by atoms with van der Waals surface area (Å²) >= 11 is 0. The SMILES string of the molecule is COc1cc(C)c(N)cc1S(=O)(=O)NC(C)CCN(C)C. The van der Waals surface area contributed by atoms with Gasteiger partial charge in [0.2, 0.25) is 10.0 Å². The summed E-state index contributed by atoms with van der Waals surface area (Å²) in [6, 6.07) is 2.90. The van der Waals surface area contributed by atoms with Gasteiger partial charge in [0.1, 0.15) is 10.6 Å². The van der Waals surface area contributed by atoms with Gasteiger partial charge in [-0.3, -0.25) is 0 Å². The number of nitrogens with one attached hydrogen (secondary N) is 1. The van der Waals surface area contributed by atoms with Crippen LogP contribution in [0.15, 0.2) is 17.0 Å². The first kappa shape index (κ1) is 17.7. The number of nitrogens with two attached hydrogens (primary N) is 1. The number of ether oxygens (including phenoxy) is 1. The Labute approximate surface area is 127 Å². The quantitative estimate of drug-likeness (QED) is 0.739. The van der Waals surface area contributed by atoms with Gasteiger partial charge in [-0.1, -0.05) is 0 Å². The number of methoxy groups -OCH3 is 1. The zero-order valence-corrected chi connectivity index (χ0v) is 14.1. The highest BCUT2D eigenvalue weighted by atomic mass is 32.2. The van der Waals surface area contributed by atoms with Crippen LogP contribution in [0, 0.1) is 6.92 Å². The summed E-state index contributed by atoms with van der Waals surface area (Å²) in [5.41, 5.74) is 7.03. The molecule has 0 aliphatic heterocycles. The summed E-state index contributed by atoms with van der Waals surface area (Å²) < 4.78 is 32.8. The number of hydrogen-bond acceptors (Lipinski definition) is 5. The van der Waals surface area contributed by atoms with Crippen LogP contribution in [0.3, 0.4) is 0 Å². The van der Waals surface area contributed by atoms with Gasteiger partial charge in [-0.2, -0.15) is 0 Å². The maximum absolute atomic E-state index is 12.5. The van der Waals surface area contributed by atoms with Gasteiger partial charge in [0, 0.05) is 11.7 Å². The molecule has 0 radical (unpaired) electrons. The number of benzene rings is 1. The number of rotatable bonds is 7. The van der Waals surface area contributed by atoms with E-state index in [1.807, 2.05) is 25.9 Å². The predicted molar refractivity (Wildman–Crippen MR) is 85.1 cm³/mol. The van der Waals surface area contributed by atoms with Gasteiger partial charge in [-0.05, 0) is 58.6 Å². The van der Waals surface area contributed by atoms with E-state index in [2.05, 4.69) is 4.72 Å². The zero-order valence-electron chi connectivity index (χ0n) is 13.3. The molecule has 1 atom stereocenters. The van der Waals surface area contributed by atoms with Crippen molar-refractivity contribution in [1.82, 2.24) is 9.62 Å². The normalized spacial score (nSPS) is 13.4. The molecule has 0 bridgehead atoms. The van der Waals surface area contributed by atoms with Crippen molar-refractivity contribution in [2.45, 2.75) is 31.2 Å². The van der Waals surface area contributed by atoms with Crippen molar-refractivity contribution < 1.29 is 13.2 Å². The second-order valence-electron chi connectivity index (χ2n) is 5.47. The van der Waals surface area contributed by atoms with Crippen molar-refractivity contribution in [1.29, 1.82) is 0 Å². The first-order valence-corrected chi connectivity index (χ1v) is 8.27. The summed E-state index contributed by atoms with van der Waals surface area (Å²) in [7, 11) is 1.68. The lowest BCUT2D eigenvalue weighted by molar-refractivity contribution is 0.378. The highest BCUT2D eigenvalue weighted by Gasteiger charge is 2.22. The third kappa shape index (κ3) is 4.87. The van der Waals surface area contributed by atoms with Crippen LogP contribution in [0.2, 0.25) is 0 Å². The van der Waals surface area contributed by atoms with Gasteiger partial charge in [0.05, 0.1) is 7.11 Å². The number of aryl methyl sites for hydroxylation is 1. The highest BCUT2D eigenvalue weighted by Crippen LogP contribution is 2.28. The summed E-state index contributed by atoms with van der Waals surface area (Å²) in [6.07, 6.45) is 0.718. The van der Waals surface area contributed by atoms with E-state index in [-0.39, 0.29) is 10.9 Å². The summed E-state index contributed by atoms with van der Waals surface area (Å²) in [4.78, 5) is 2.08. The Morgan fingerprint density at radius 3 is 2.52 bits per heavy atom. The molecule has 1 unspecified atom stereocenters. The molecule has 0 aromatic heterocycles. The molecule has 6 nitrogen and oxygen atoms in total. The molecule has 3 N–H and O–H groups in total. The van der Waals surface area contributed by atoms with Crippen molar-refractivity contribution in [3.8, 4) is 5.75 Å². The van der Waals surface area contributed by atoms with E-state index >= 15 is 0 Å². The average Bonchev–Trinajstić information content (AvgIpc) is 2.38. The molecular weight excluding hydrogens is 290 g/mol. The van der Waals surface area contributed by atoms with E-state index in [0.717, 1.165) is 18.5 Å². The summed E-state index contributed by atoms with van der Waals surface area (Å²) in [5.74, 6) is 0.300. The molecule has 7 heteroatoms. The van der Waals surface area contributed by atoms with Crippen LogP contribution in [-0.2, 0) is 10.0 Å². The molecule has 0 spiro atoms. The van der Waals surface area contributed by atoms with Crippen LogP contribution in [-0.4, -0.2) is 47.1 Å². The van der Waals surface area contributed by atoms with Crippen molar-refractivity contribution in [2.24, 2.45) is 0 Å². The van der Waals surface area contributed by atoms with Gasteiger partial charge < -0.3 is 15.4 Å². The molecule has 0 aliphatic rings. The molecule has 0 saturated carbocycles. The van der Waals surface area contributed by atoms with Crippen molar-refractivity contribution >= 4 is 15.7 Å². The van der Waals surface area contributed by atoms with E-state index in [1.165, 1.54) is 13.2 Å². The Hall–Kier alpha value is -1.31. The summed E-state index contributed by atoms with van der Waals surface area (Å²) in [5, 5.41) is 0. The van der Waals surface area contributed by atoms with E-state index < -0.39 is 10.0 Å². The second-order valence-corrected chi connectivity index (χ2v) is 7.16. The fourth-order valence-electron chi connectivity index (χ4n) is 1.89. The molecule has 1 rings (SSSR count). The molecule has 0 amide bonds. The lowest BCUT2D eigenvalue weighted by Gasteiger charge is -2.18. The molecule has 0 aliphatic carbocycles. The smallest absolute Gasteiger partial charge is 0.244 e. The van der Waals surface area contributed by atoms with Crippen LogP contribution < -0.4 is 15.2 Å². The third-order valence-corrected chi connectivity index (χ3v) is 4.82. The number of hydrogen-bond donors (Lipinski definition) is 2. The molecule has 1 aromatic carbocycles. The van der Waals surface area contributed by atoms with Crippen LogP contribution in [0.5, 0.6) is 5.75 Å². The third-order valence-electron chi connectivity index (χ3n) is 3.21. The van der Waals surface area contributed by atoms with E-state index in [4.69, 9.17) is 10.5 Å². The highest BCUT2D eigenvalue weighted by molar-refractivity contribution is 7.89. The topological polar surface area (TPSA) is 84.7 Å². The van der Waals surface area contributed by atoms with Crippen molar-refractivity contribution in [2.75, 3.05) is 33.5 Å². The lowest BCUT2D eigenvalue weighted by Crippen LogP contribution is -2.35. The van der Waals surface area contributed by atoms with Gasteiger partial charge in [-0.15, -0.1) is 0 Å². The number of nitrogen functional groups attached to an aromatic ring is 1. The molecule has 0 fully saturated rings. The van der Waals surface area contributed by atoms with Crippen LogP contribution in [0.4, 0.5) is 5.69 Å². The average molecular weight is 315 g/mol. The van der Waals surface area contributed by atoms with Crippen LogP contribution >= 0.6 is 0 Å². The Morgan fingerprint density at radius 2 is 2.00 bits per heavy atom. The molecular formula is C14H25N3O3S. The number of anilines is 1. The Morgan fingerprint density at radius 1 is 1.38 bits per heavy atom. The van der Waals surface area contributed by atoms with Gasteiger partial charge >= 0.3 is 0 Å². The van der Waals surface area contributed by atoms with Gasteiger partial charge in [-0.25, -0.2) is 13.1 Å². The van der Waals surface area contributed by atoms with Crippen LogP contribution in [0.25, 0.3) is 0 Å². The molecule has 0 heterocycles. The van der Waals surface area contributed by atoms with Crippen molar-refractivity contribution in [3.05, 3.63) is 17.7 Å². The van der Waals surface area contributed by atoms with Crippen LogP contribution in [0.1, 0.15) is 18.9 Å². The van der Waals surface area contributed by atoms with E-state index in [9.17, 15) is 8.42 Å². The lowest BCUT2D eigenvalue weighted by atomic mass is 10.2. The monoisotopic (exact) mass is 315 g/mol. The first-order valence-electron chi connectivity index (χ1n) is 6.78. The molecule has 120 valence electrons. The second kappa shape index (κ2) is 7.11. The molecule has 0 saturated heterocycles. The fraction of sp³-hybridized carbons (Fsp3) is 0.571. The summed E-state index contributed by atoms with van der Waals surface area (Å²) in [6.45, 7) is 4.45. The molecule has 21 heavy (non-hydrogen) atoms. The first-order chi connectivity index (χ1) is 9.67. The number of sulfonamides is 1. The zero-order chi connectivity index (χ0) is 16.2. The minimum atomic E-state index is -3.66. The minimum absolute atomic E-state index is 0.0739. The minimum Gasteiger partial charge on any atom is -0.495 e.